The van der Waals surface area contributed by atoms with E-state index >= 15 is 0 Å². The Bertz CT molecular complexity index is 265. The summed E-state index contributed by atoms with van der Waals surface area (Å²) in [5, 5.41) is 0. The first-order valence-electron chi connectivity index (χ1n) is 5.73. The van der Waals surface area contributed by atoms with E-state index in [1.807, 2.05) is 6.08 Å². The molecule has 0 aromatic heterocycles. The predicted octanol–water partition coefficient (Wildman–Crippen LogP) is 4.18. The smallest absolute Gasteiger partial charge is 0.0112 e. The third-order valence-corrected chi connectivity index (χ3v) is 2.57. The van der Waals surface area contributed by atoms with Crippen LogP contribution in [0.4, 0.5) is 0 Å². The second-order valence-electron chi connectivity index (χ2n) is 4.45. The zero-order valence-corrected chi connectivity index (χ0v) is 10.8. The number of nitrogens with two attached hydrogens (primary N) is 1. The highest BCUT2D eigenvalue weighted by Gasteiger charge is 2.01. The van der Waals surface area contributed by atoms with Gasteiger partial charge in [-0.25, -0.2) is 0 Å². The molecule has 0 aliphatic rings. The SMILES string of the molecule is CC/C(C)=C\C=C(\N)C(C)CC=C(C)C. The van der Waals surface area contributed by atoms with Crippen LogP contribution in [0.1, 0.15) is 47.5 Å². The lowest BCUT2D eigenvalue weighted by molar-refractivity contribution is 0.683. The maximum absolute atomic E-state index is 5.99. The van der Waals surface area contributed by atoms with Gasteiger partial charge in [-0.15, -0.1) is 0 Å². The topological polar surface area (TPSA) is 26.0 Å². The number of hydrogen-bond donors (Lipinski definition) is 1. The van der Waals surface area contributed by atoms with Gasteiger partial charge in [-0.05, 0) is 45.6 Å². The Morgan fingerprint density at radius 1 is 1.20 bits per heavy atom. The van der Waals surface area contributed by atoms with Gasteiger partial charge in [-0.3, -0.25) is 0 Å². The lowest BCUT2D eigenvalue weighted by atomic mass is 10.0. The lowest BCUT2D eigenvalue weighted by Gasteiger charge is -2.09. The first-order chi connectivity index (χ1) is 6.97. The lowest BCUT2D eigenvalue weighted by Crippen LogP contribution is -2.07. The fourth-order valence-electron chi connectivity index (χ4n) is 1.07. The maximum atomic E-state index is 5.99. The molecule has 1 heteroatoms. The van der Waals surface area contributed by atoms with Crippen molar-refractivity contribution in [1.29, 1.82) is 0 Å². The molecule has 0 saturated heterocycles. The first kappa shape index (κ1) is 14.0. The highest BCUT2D eigenvalue weighted by molar-refractivity contribution is 5.16. The first-order valence-corrected chi connectivity index (χ1v) is 5.73. The van der Waals surface area contributed by atoms with Crippen molar-refractivity contribution in [3.63, 3.8) is 0 Å². The van der Waals surface area contributed by atoms with Crippen LogP contribution in [0, 0.1) is 5.92 Å². The molecule has 0 aliphatic carbocycles. The van der Waals surface area contributed by atoms with Crippen molar-refractivity contribution in [1.82, 2.24) is 0 Å². The van der Waals surface area contributed by atoms with Crippen molar-refractivity contribution in [3.05, 3.63) is 35.1 Å². The summed E-state index contributed by atoms with van der Waals surface area (Å²) in [7, 11) is 0. The quantitative estimate of drug-likeness (QED) is 0.531. The molecule has 2 N–H and O–H groups in total. The Balaban J connectivity index is 4.31. The van der Waals surface area contributed by atoms with Crippen LogP contribution in [-0.4, -0.2) is 0 Å². The van der Waals surface area contributed by atoms with Crippen LogP contribution in [0.5, 0.6) is 0 Å². The van der Waals surface area contributed by atoms with E-state index in [0.717, 1.165) is 18.5 Å². The second kappa shape index (κ2) is 7.33. The molecule has 1 nitrogen and oxygen atoms in total. The van der Waals surface area contributed by atoms with Crippen LogP contribution in [0.3, 0.4) is 0 Å². The molecule has 86 valence electrons. The Morgan fingerprint density at radius 3 is 2.27 bits per heavy atom. The minimum atomic E-state index is 0.431. The molecule has 15 heavy (non-hydrogen) atoms. The summed E-state index contributed by atoms with van der Waals surface area (Å²) in [5.74, 6) is 0.431. The van der Waals surface area contributed by atoms with Crippen LogP contribution in [0.2, 0.25) is 0 Å². The summed E-state index contributed by atoms with van der Waals surface area (Å²) in [5.41, 5.74) is 9.69. The fraction of sp³-hybridized carbons (Fsp3) is 0.571. The van der Waals surface area contributed by atoms with Crippen LogP contribution in [-0.2, 0) is 0 Å². The van der Waals surface area contributed by atoms with E-state index in [9.17, 15) is 0 Å². The van der Waals surface area contributed by atoms with E-state index in [1.165, 1.54) is 11.1 Å². The molecular weight excluding hydrogens is 182 g/mol. The third kappa shape index (κ3) is 7.01. The zero-order valence-electron chi connectivity index (χ0n) is 10.8. The molecule has 0 rings (SSSR count). The van der Waals surface area contributed by atoms with E-state index in [2.05, 4.69) is 46.8 Å². The number of rotatable bonds is 5. The molecule has 0 aliphatic heterocycles. The summed E-state index contributed by atoms with van der Waals surface area (Å²) in [4.78, 5) is 0. The molecule has 1 unspecified atom stereocenters. The monoisotopic (exact) mass is 207 g/mol. The van der Waals surface area contributed by atoms with Gasteiger partial charge in [0.05, 0.1) is 0 Å². The second-order valence-corrected chi connectivity index (χ2v) is 4.45. The third-order valence-electron chi connectivity index (χ3n) is 2.57. The Hall–Kier alpha value is -0.980. The summed E-state index contributed by atoms with van der Waals surface area (Å²) in [6.07, 6.45) is 8.52. The van der Waals surface area contributed by atoms with Gasteiger partial charge in [0, 0.05) is 5.70 Å². The minimum absolute atomic E-state index is 0.431. The van der Waals surface area contributed by atoms with E-state index in [4.69, 9.17) is 5.73 Å². The molecule has 0 bridgehead atoms. The molecule has 0 aromatic rings. The van der Waals surface area contributed by atoms with E-state index in [-0.39, 0.29) is 0 Å². The van der Waals surface area contributed by atoms with Crippen LogP contribution < -0.4 is 5.73 Å². The van der Waals surface area contributed by atoms with Gasteiger partial charge in [-0.1, -0.05) is 37.1 Å². The molecule has 0 saturated carbocycles. The Kier molecular flexibility index (Phi) is 6.85. The largest absolute Gasteiger partial charge is 0.402 e. The highest BCUT2D eigenvalue weighted by atomic mass is 14.6. The van der Waals surface area contributed by atoms with E-state index in [1.54, 1.807) is 0 Å². The molecule has 0 fully saturated rings. The highest BCUT2D eigenvalue weighted by Crippen LogP contribution is 2.12. The molecule has 0 aromatic carbocycles. The predicted molar refractivity (Wildman–Crippen MR) is 69.5 cm³/mol. The van der Waals surface area contributed by atoms with Gasteiger partial charge in [0.25, 0.3) is 0 Å². The summed E-state index contributed by atoms with van der Waals surface area (Å²) < 4.78 is 0. The van der Waals surface area contributed by atoms with Gasteiger partial charge in [0.2, 0.25) is 0 Å². The van der Waals surface area contributed by atoms with Crippen LogP contribution in [0.25, 0.3) is 0 Å². The molecule has 0 radical (unpaired) electrons. The van der Waals surface area contributed by atoms with Crippen molar-refractivity contribution in [3.8, 4) is 0 Å². The van der Waals surface area contributed by atoms with E-state index in [0.29, 0.717) is 5.92 Å². The van der Waals surface area contributed by atoms with Crippen molar-refractivity contribution < 1.29 is 0 Å². The van der Waals surface area contributed by atoms with Gasteiger partial charge in [0.1, 0.15) is 0 Å². The van der Waals surface area contributed by atoms with Gasteiger partial charge >= 0.3 is 0 Å². The normalized spacial score (nSPS) is 15.0. The molecule has 0 spiro atoms. The number of allylic oxidation sites excluding steroid dienone is 6. The molecular formula is C14H25N. The van der Waals surface area contributed by atoms with Crippen LogP contribution in [0.15, 0.2) is 35.1 Å². The summed E-state index contributed by atoms with van der Waals surface area (Å²) in [6.45, 7) is 10.7. The number of hydrogen-bond acceptors (Lipinski definition) is 1. The zero-order chi connectivity index (χ0) is 11.8. The van der Waals surface area contributed by atoms with Crippen molar-refractivity contribution >= 4 is 0 Å². The standard InChI is InChI=1S/C14H25N/c1-6-12(4)8-10-14(15)13(5)9-7-11(2)3/h7-8,10,13H,6,9,15H2,1-5H3/b12-8-,14-10+. The Labute approximate surface area is 94.8 Å². The average Bonchev–Trinajstić information content (AvgIpc) is 2.21. The fourth-order valence-corrected chi connectivity index (χ4v) is 1.07. The van der Waals surface area contributed by atoms with Crippen LogP contribution >= 0.6 is 0 Å². The molecule has 0 heterocycles. The van der Waals surface area contributed by atoms with E-state index < -0.39 is 0 Å². The van der Waals surface area contributed by atoms with Gasteiger partial charge in [-0.2, -0.15) is 0 Å². The minimum Gasteiger partial charge on any atom is -0.402 e. The summed E-state index contributed by atoms with van der Waals surface area (Å²) in [6, 6.07) is 0. The maximum Gasteiger partial charge on any atom is 0.0112 e. The van der Waals surface area contributed by atoms with Crippen molar-refractivity contribution in [2.45, 2.75) is 47.5 Å². The summed E-state index contributed by atoms with van der Waals surface area (Å²) >= 11 is 0. The molecule has 1 atom stereocenters. The molecule has 0 amide bonds. The van der Waals surface area contributed by atoms with Gasteiger partial charge in [0.15, 0.2) is 0 Å². The van der Waals surface area contributed by atoms with Crippen molar-refractivity contribution in [2.75, 3.05) is 0 Å². The average molecular weight is 207 g/mol. The van der Waals surface area contributed by atoms with Crippen molar-refractivity contribution in [2.24, 2.45) is 11.7 Å². The Morgan fingerprint density at radius 2 is 1.80 bits per heavy atom. The van der Waals surface area contributed by atoms with Gasteiger partial charge < -0.3 is 5.73 Å².